The summed E-state index contributed by atoms with van der Waals surface area (Å²) in [6, 6.07) is 0. The van der Waals surface area contributed by atoms with Crippen LogP contribution in [0.3, 0.4) is 0 Å². The Morgan fingerprint density at radius 1 is 1.21 bits per heavy atom. The molecule has 14 heavy (non-hydrogen) atoms. The van der Waals surface area contributed by atoms with Crippen molar-refractivity contribution >= 4 is 0 Å². The normalized spacial score (nSPS) is 15.4. The molecule has 1 unspecified atom stereocenters. The van der Waals surface area contributed by atoms with E-state index in [9.17, 15) is 0 Å². The van der Waals surface area contributed by atoms with E-state index < -0.39 is 0 Å². The molecular weight excluding hydrogens is 174 g/mol. The molecular formula is C12H27NO. The van der Waals surface area contributed by atoms with Crippen molar-refractivity contribution in [3.05, 3.63) is 0 Å². The zero-order chi connectivity index (χ0) is 10.9. The molecule has 0 saturated carbocycles. The summed E-state index contributed by atoms with van der Waals surface area (Å²) in [5, 5.41) is 3.45. The molecule has 0 aromatic rings. The second-order valence-corrected chi connectivity index (χ2v) is 4.39. The fraction of sp³-hybridized carbons (Fsp3) is 1.00. The monoisotopic (exact) mass is 201 g/mol. The first-order valence-electron chi connectivity index (χ1n) is 5.88. The smallest absolute Gasteiger partial charge is 0.0462 e. The fourth-order valence-electron chi connectivity index (χ4n) is 1.62. The van der Waals surface area contributed by atoms with Gasteiger partial charge in [0.25, 0.3) is 0 Å². The van der Waals surface area contributed by atoms with E-state index in [2.05, 4.69) is 26.1 Å². The third-order valence-corrected chi connectivity index (χ3v) is 3.03. The standard InChI is InChI=1S/C12H27NO/c1-5-12(3,11-13-6-2)9-7-8-10-14-4/h13H,5-11H2,1-4H3. The van der Waals surface area contributed by atoms with Crippen LogP contribution in [-0.4, -0.2) is 26.8 Å². The van der Waals surface area contributed by atoms with E-state index in [1.165, 1.54) is 25.7 Å². The minimum atomic E-state index is 0.476. The molecule has 0 aliphatic rings. The Labute approximate surface area is 89.4 Å². The van der Waals surface area contributed by atoms with E-state index in [1.807, 2.05) is 0 Å². The van der Waals surface area contributed by atoms with Gasteiger partial charge in [0.15, 0.2) is 0 Å². The molecule has 0 aliphatic carbocycles. The van der Waals surface area contributed by atoms with Crippen molar-refractivity contribution in [2.75, 3.05) is 26.8 Å². The van der Waals surface area contributed by atoms with Crippen LogP contribution in [0.1, 0.15) is 46.5 Å². The summed E-state index contributed by atoms with van der Waals surface area (Å²) < 4.78 is 5.06. The first-order chi connectivity index (χ1) is 6.68. The maximum absolute atomic E-state index is 5.06. The van der Waals surface area contributed by atoms with Gasteiger partial charge in [0.05, 0.1) is 0 Å². The third kappa shape index (κ3) is 6.39. The minimum Gasteiger partial charge on any atom is -0.385 e. The zero-order valence-electron chi connectivity index (χ0n) is 10.4. The highest BCUT2D eigenvalue weighted by atomic mass is 16.5. The predicted molar refractivity (Wildman–Crippen MR) is 62.7 cm³/mol. The Balaban J connectivity index is 3.63. The highest BCUT2D eigenvalue weighted by molar-refractivity contribution is 4.74. The summed E-state index contributed by atoms with van der Waals surface area (Å²) in [5.41, 5.74) is 0.476. The van der Waals surface area contributed by atoms with Crippen molar-refractivity contribution in [2.45, 2.75) is 46.5 Å². The lowest BCUT2D eigenvalue weighted by atomic mass is 9.82. The van der Waals surface area contributed by atoms with E-state index >= 15 is 0 Å². The number of unbranched alkanes of at least 4 members (excludes halogenated alkanes) is 1. The summed E-state index contributed by atoms with van der Waals surface area (Å²) in [4.78, 5) is 0. The molecule has 2 heteroatoms. The molecule has 0 spiro atoms. The van der Waals surface area contributed by atoms with Crippen LogP contribution in [0.25, 0.3) is 0 Å². The minimum absolute atomic E-state index is 0.476. The lowest BCUT2D eigenvalue weighted by Crippen LogP contribution is -2.31. The summed E-state index contributed by atoms with van der Waals surface area (Å²) in [6.07, 6.45) is 5.04. The number of nitrogens with one attached hydrogen (secondary N) is 1. The van der Waals surface area contributed by atoms with Gasteiger partial charge < -0.3 is 10.1 Å². The zero-order valence-corrected chi connectivity index (χ0v) is 10.4. The summed E-state index contributed by atoms with van der Waals surface area (Å²) in [7, 11) is 1.78. The first-order valence-corrected chi connectivity index (χ1v) is 5.88. The van der Waals surface area contributed by atoms with Gasteiger partial charge in [-0.05, 0) is 31.2 Å². The molecule has 86 valence electrons. The van der Waals surface area contributed by atoms with Gasteiger partial charge in [0.2, 0.25) is 0 Å². The van der Waals surface area contributed by atoms with Crippen molar-refractivity contribution in [2.24, 2.45) is 5.41 Å². The average molecular weight is 201 g/mol. The molecule has 2 nitrogen and oxygen atoms in total. The number of hydrogen-bond donors (Lipinski definition) is 1. The van der Waals surface area contributed by atoms with Crippen molar-refractivity contribution in [3.8, 4) is 0 Å². The van der Waals surface area contributed by atoms with E-state index in [1.54, 1.807) is 7.11 Å². The van der Waals surface area contributed by atoms with Crippen LogP contribution < -0.4 is 5.32 Å². The van der Waals surface area contributed by atoms with Crippen LogP contribution in [0.2, 0.25) is 0 Å². The van der Waals surface area contributed by atoms with E-state index in [0.717, 1.165) is 19.7 Å². The summed E-state index contributed by atoms with van der Waals surface area (Å²) in [5.74, 6) is 0. The maximum atomic E-state index is 5.06. The molecule has 0 rings (SSSR count). The van der Waals surface area contributed by atoms with Gasteiger partial charge in [0, 0.05) is 20.3 Å². The molecule has 0 aromatic heterocycles. The molecule has 0 aromatic carbocycles. The number of ether oxygens (including phenoxy) is 1. The second kappa shape index (κ2) is 8.25. The van der Waals surface area contributed by atoms with Gasteiger partial charge in [-0.1, -0.05) is 27.2 Å². The molecule has 0 aliphatic heterocycles. The Morgan fingerprint density at radius 3 is 2.43 bits per heavy atom. The molecule has 1 atom stereocenters. The molecule has 0 amide bonds. The summed E-state index contributed by atoms with van der Waals surface area (Å²) in [6.45, 7) is 9.96. The molecule has 0 fully saturated rings. The Morgan fingerprint density at radius 2 is 1.93 bits per heavy atom. The van der Waals surface area contributed by atoms with E-state index in [-0.39, 0.29) is 0 Å². The van der Waals surface area contributed by atoms with Crippen molar-refractivity contribution in [3.63, 3.8) is 0 Å². The largest absolute Gasteiger partial charge is 0.385 e. The molecule has 1 N–H and O–H groups in total. The Kier molecular flexibility index (Phi) is 8.20. The number of methoxy groups -OCH3 is 1. The number of rotatable bonds is 9. The van der Waals surface area contributed by atoms with E-state index in [0.29, 0.717) is 5.41 Å². The Hall–Kier alpha value is -0.0800. The lowest BCUT2D eigenvalue weighted by Gasteiger charge is -2.28. The van der Waals surface area contributed by atoms with Gasteiger partial charge in [-0.3, -0.25) is 0 Å². The molecule has 0 heterocycles. The molecule has 0 bridgehead atoms. The highest BCUT2D eigenvalue weighted by Gasteiger charge is 2.20. The average Bonchev–Trinajstić information content (AvgIpc) is 2.22. The van der Waals surface area contributed by atoms with Crippen LogP contribution in [0, 0.1) is 5.41 Å². The van der Waals surface area contributed by atoms with Gasteiger partial charge in [-0.2, -0.15) is 0 Å². The van der Waals surface area contributed by atoms with Crippen molar-refractivity contribution in [1.29, 1.82) is 0 Å². The topological polar surface area (TPSA) is 21.3 Å². The SMILES string of the molecule is CCNCC(C)(CC)CCCCOC. The van der Waals surface area contributed by atoms with Gasteiger partial charge >= 0.3 is 0 Å². The molecule has 0 saturated heterocycles. The van der Waals surface area contributed by atoms with Crippen molar-refractivity contribution < 1.29 is 4.74 Å². The highest BCUT2D eigenvalue weighted by Crippen LogP contribution is 2.27. The van der Waals surface area contributed by atoms with Crippen LogP contribution >= 0.6 is 0 Å². The van der Waals surface area contributed by atoms with Gasteiger partial charge in [-0.15, -0.1) is 0 Å². The van der Waals surface area contributed by atoms with Crippen LogP contribution in [0.4, 0.5) is 0 Å². The van der Waals surface area contributed by atoms with Gasteiger partial charge in [-0.25, -0.2) is 0 Å². The number of hydrogen-bond acceptors (Lipinski definition) is 2. The van der Waals surface area contributed by atoms with E-state index in [4.69, 9.17) is 4.74 Å². The fourth-order valence-corrected chi connectivity index (χ4v) is 1.62. The van der Waals surface area contributed by atoms with Crippen LogP contribution in [0.5, 0.6) is 0 Å². The Bertz CT molecular complexity index is 127. The van der Waals surface area contributed by atoms with Crippen LogP contribution in [-0.2, 0) is 4.74 Å². The summed E-state index contributed by atoms with van der Waals surface area (Å²) >= 11 is 0. The van der Waals surface area contributed by atoms with Crippen molar-refractivity contribution in [1.82, 2.24) is 5.32 Å². The quantitative estimate of drug-likeness (QED) is 0.579. The second-order valence-electron chi connectivity index (χ2n) is 4.39. The first kappa shape index (κ1) is 13.9. The third-order valence-electron chi connectivity index (χ3n) is 3.03. The lowest BCUT2D eigenvalue weighted by molar-refractivity contribution is 0.181. The van der Waals surface area contributed by atoms with Crippen LogP contribution in [0.15, 0.2) is 0 Å². The maximum Gasteiger partial charge on any atom is 0.0462 e. The predicted octanol–water partition coefficient (Wildman–Crippen LogP) is 2.83. The van der Waals surface area contributed by atoms with Gasteiger partial charge in [0.1, 0.15) is 0 Å². The molecule has 0 radical (unpaired) electrons.